The first-order chi connectivity index (χ1) is 19.1. The van der Waals surface area contributed by atoms with Gasteiger partial charge in [-0.05, 0) is 148 Å². The molecule has 0 aromatic heterocycles. The normalized spacial score (nSPS) is 25.7. The molecule has 0 saturated heterocycles. The third-order valence-electron chi connectivity index (χ3n) is 10.2. The van der Waals surface area contributed by atoms with Crippen LogP contribution >= 0.6 is 0 Å². The van der Waals surface area contributed by atoms with Crippen LogP contribution in [-0.2, 0) is 4.79 Å². The van der Waals surface area contributed by atoms with Gasteiger partial charge in [0, 0.05) is 12.0 Å². The molecule has 0 radical (unpaired) electrons. The van der Waals surface area contributed by atoms with Crippen LogP contribution < -0.4 is 10.6 Å². The fourth-order valence-electron chi connectivity index (χ4n) is 8.43. The molecule has 0 aromatic carbocycles. The number of rotatable bonds is 24. The van der Waals surface area contributed by atoms with Gasteiger partial charge in [0.25, 0.3) is 0 Å². The molecule has 4 aliphatic carbocycles. The molecule has 2 N–H and O–H groups in total. The molecule has 4 bridgehead atoms. The third kappa shape index (κ3) is 11.6. The van der Waals surface area contributed by atoms with Crippen LogP contribution in [0.25, 0.3) is 0 Å². The van der Waals surface area contributed by atoms with E-state index in [2.05, 4.69) is 41.3 Å². The Morgan fingerprint density at radius 2 is 1.03 bits per heavy atom. The van der Waals surface area contributed by atoms with Gasteiger partial charge in [-0.1, -0.05) is 52.4 Å². The lowest BCUT2D eigenvalue weighted by Gasteiger charge is -2.55. The zero-order valence-electron chi connectivity index (χ0n) is 26.4. The molecular weight excluding hydrogens is 480 g/mol. The molecular formula is C34H66N4O. The predicted octanol–water partition coefficient (Wildman–Crippen LogP) is 6.86. The fraction of sp³-hybridized carbons (Fsp3) is 0.971. The minimum absolute atomic E-state index is 0.00416. The number of unbranched alkanes of at least 4 members (excludes halogenated alkanes) is 7. The zero-order valence-corrected chi connectivity index (χ0v) is 26.4. The molecule has 39 heavy (non-hydrogen) atoms. The summed E-state index contributed by atoms with van der Waals surface area (Å²) in [6, 6.07) is 0. The van der Waals surface area contributed by atoms with Crippen molar-refractivity contribution in [3.05, 3.63) is 0 Å². The van der Waals surface area contributed by atoms with Crippen LogP contribution in [0.2, 0.25) is 0 Å². The van der Waals surface area contributed by atoms with Gasteiger partial charge >= 0.3 is 0 Å². The fourth-order valence-corrected chi connectivity index (χ4v) is 8.43. The SMILES string of the molecule is CCCCCCN(CCCCN(CCCCCC)CCCNC(=O)C12CC3CC(CC(C3)C1)C2)CCCNC. The second-order valence-electron chi connectivity index (χ2n) is 13.8. The van der Waals surface area contributed by atoms with Crippen LogP contribution in [0.5, 0.6) is 0 Å². The summed E-state index contributed by atoms with van der Waals surface area (Å²) < 4.78 is 0. The molecule has 5 nitrogen and oxygen atoms in total. The van der Waals surface area contributed by atoms with Crippen LogP contribution in [0.3, 0.4) is 0 Å². The van der Waals surface area contributed by atoms with E-state index in [1.54, 1.807) is 0 Å². The number of nitrogens with zero attached hydrogens (tertiary/aromatic N) is 2. The molecule has 0 spiro atoms. The predicted molar refractivity (Wildman–Crippen MR) is 167 cm³/mol. The first kappa shape index (κ1) is 32.9. The Hall–Kier alpha value is -0.650. The first-order valence-electron chi connectivity index (χ1n) is 17.5. The van der Waals surface area contributed by atoms with Crippen molar-refractivity contribution < 1.29 is 4.79 Å². The van der Waals surface area contributed by atoms with Gasteiger partial charge in [0.15, 0.2) is 0 Å². The molecule has 0 aliphatic heterocycles. The maximum Gasteiger partial charge on any atom is 0.226 e. The standard InChI is InChI=1S/C34H66N4O/c1-4-6-8-10-18-37(22-14-16-35-3)20-12-13-21-38(19-11-9-7-5-2)23-15-17-36-33(39)34-27-30-24-31(28-34)26-32(25-30)29-34/h30-32,35H,4-29H2,1-3H3,(H,36,39). The Bertz CT molecular complexity index is 618. The molecule has 5 heteroatoms. The van der Waals surface area contributed by atoms with E-state index in [1.165, 1.54) is 142 Å². The van der Waals surface area contributed by atoms with Crippen molar-refractivity contribution in [1.29, 1.82) is 0 Å². The summed E-state index contributed by atoms with van der Waals surface area (Å²) in [4.78, 5) is 18.8. The third-order valence-corrected chi connectivity index (χ3v) is 10.2. The Morgan fingerprint density at radius 1 is 0.615 bits per heavy atom. The minimum Gasteiger partial charge on any atom is -0.356 e. The summed E-state index contributed by atoms with van der Waals surface area (Å²) in [5.41, 5.74) is 0.00416. The number of nitrogens with one attached hydrogen (secondary N) is 2. The van der Waals surface area contributed by atoms with Crippen LogP contribution in [0.15, 0.2) is 0 Å². The summed E-state index contributed by atoms with van der Waals surface area (Å²) in [5.74, 6) is 2.94. The van der Waals surface area contributed by atoms with Gasteiger partial charge in [0.05, 0.1) is 0 Å². The van der Waals surface area contributed by atoms with Gasteiger partial charge in [-0.15, -0.1) is 0 Å². The number of hydrogen-bond acceptors (Lipinski definition) is 4. The van der Waals surface area contributed by atoms with E-state index in [-0.39, 0.29) is 5.41 Å². The van der Waals surface area contributed by atoms with Crippen LogP contribution in [0, 0.1) is 23.2 Å². The quantitative estimate of drug-likeness (QED) is 0.130. The van der Waals surface area contributed by atoms with E-state index in [0.29, 0.717) is 5.91 Å². The Balaban J connectivity index is 1.35. The number of carbonyl (C=O) groups is 1. The lowest BCUT2D eigenvalue weighted by molar-refractivity contribution is -0.146. The highest BCUT2D eigenvalue weighted by Gasteiger charge is 2.54. The molecule has 0 aromatic rings. The molecule has 4 saturated carbocycles. The molecule has 0 atom stereocenters. The van der Waals surface area contributed by atoms with Gasteiger partial charge in [0.1, 0.15) is 0 Å². The smallest absolute Gasteiger partial charge is 0.226 e. The van der Waals surface area contributed by atoms with E-state index < -0.39 is 0 Å². The molecule has 0 heterocycles. The summed E-state index contributed by atoms with van der Waals surface area (Å²) in [6.07, 6.45) is 23.5. The van der Waals surface area contributed by atoms with Crippen LogP contribution in [-0.4, -0.2) is 75.1 Å². The monoisotopic (exact) mass is 547 g/mol. The van der Waals surface area contributed by atoms with Crippen molar-refractivity contribution in [2.24, 2.45) is 23.2 Å². The number of hydrogen-bond donors (Lipinski definition) is 2. The van der Waals surface area contributed by atoms with Crippen molar-refractivity contribution in [3.63, 3.8) is 0 Å². The second-order valence-corrected chi connectivity index (χ2v) is 13.8. The summed E-state index contributed by atoms with van der Waals surface area (Å²) in [7, 11) is 2.06. The molecule has 4 rings (SSSR count). The lowest BCUT2D eigenvalue weighted by Crippen LogP contribution is -2.53. The largest absolute Gasteiger partial charge is 0.356 e. The van der Waals surface area contributed by atoms with Crippen molar-refractivity contribution in [2.75, 3.05) is 59.4 Å². The van der Waals surface area contributed by atoms with E-state index >= 15 is 0 Å². The van der Waals surface area contributed by atoms with E-state index in [4.69, 9.17) is 0 Å². The summed E-state index contributed by atoms with van der Waals surface area (Å²) in [5, 5.41) is 6.74. The van der Waals surface area contributed by atoms with Crippen LogP contribution in [0.1, 0.15) is 129 Å². The Morgan fingerprint density at radius 3 is 1.46 bits per heavy atom. The zero-order chi connectivity index (χ0) is 27.8. The van der Waals surface area contributed by atoms with Gasteiger partial charge in [-0.25, -0.2) is 0 Å². The number of carbonyl (C=O) groups excluding carboxylic acids is 1. The molecule has 4 fully saturated rings. The van der Waals surface area contributed by atoms with Crippen molar-refractivity contribution in [3.8, 4) is 0 Å². The molecule has 228 valence electrons. The van der Waals surface area contributed by atoms with Gasteiger partial charge in [-0.3, -0.25) is 4.79 Å². The molecule has 4 aliphatic rings. The van der Waals surface area contributed by atoms with Crippen molar-refractivity contribution in [1.82, 2.24) is 20.4 Å². The maximum atomic E-state index is 13.3. The number of amides is 1. The van der Waals surface area contributed by atoms with E-state index in [0.717, 1.165) is 43.8 Å². The molecule has 0 unspecified atom stereocenters. The second kappa shape index (κ2) is 18.7. The Labute approximate surface area is 243 Å². The maximum absolute atomic E-state index is 13.3. The van der Waals surface area contributed by atoms with Crippen molar-refractivity contribution >= 4 is 5.91 Å². The first-order valence-corrected chi connectivity index (χ1v) is 17.5. The average molecular weight is 547 g/mol. The van der Waals surface area contributed by atoms with Gasteiger partial charge in [0.2, 0.25) is 5.91 Å². The van der Waals surface area contributed by atoms with E-state index in [1.807, 2.05) is 0 Å². The average Bonchev–Trinajstić information content (AvgIpc) is 2.92. The van der Waals surface area contributed by atoms with Gasteiger partial charge < -0.3 is 20.4 Å². The Kier molecular flexibility index (Phi) is 15.8. The summed E-state index contributed by atoms with van der Waals surface area (Å²) >= 11 is 0. The lowest BCUT2D eigenvalue weighted by atomic mass is 9.49. The topological polar surface area (TPSA) is 47.6 Å². The molecule has 1 amide bonds. The van der Waals surface area contributed by atoms with E-state index in [9.17, 15) is 4.79 Å². The highest BCUT2D eigenvalue weighted by Crippen LogP contribution is 2.60. The van der Waals surface area contributed by atoms with Gasteiger partial charge in [-0.2, -0.15) is 0 Å². The highest BCUT2D eigenvalue weighted by atomic mass is 16.2. The minimum atomic E-state index is 0.00416. The highest BCUT2D eigenvalue weighted by molar-refractivity contribution is 5.83. The summed E-state index contributed by atoms with van der Waals surface area (Å²) in [6.45, 7) is 13.9. The van der Waals surface area contributed by atoms with Crippen LogP contribution in [0.4, 0.5) is 0 Å². The van der Waals surface area contributed by atoms with Crippen molar-refractivity contribution in [2.45, 2.75) is 129 Å².